The van der Waals surface area contributed by atoms with Gasteiger partial charge >= 0.3 is 5.97 Å². The smallest absolute Gasteiger partial charge is 0.322 e. The molecule has 0 aliphatic heterocycles. The molecule has 0 spiro atoms. The average Bonchev–Trinajstić information content (AvgIpc) is 2.43. The van der Waals surface area contributed by atoms with E-state index in [1.165, 1.54) is 19.2 Å². The maximum atomic E-state index is 13.2. The van der Waals surface area contributed by atoms with Crippen LogP contribution in [0.1, 0.15) is 31.4 Å². The summed E-state index contributed by atoms with van der Waals surface area (Å²) in [6.07, 6.45) is 0.652. The number of rotatable bonds is 6. The molecular formula is C15H19FN2O2. The first-order chi connectivity index (χ1) is 9.47. The fraction of sp³-hybridized carbons (Fsp3) is 0.467. The Morgan fingerprint density at radius 1 is 1.50 bits per heavy atom. The number of nitrogens with zero attached hydrogens (tertiary/aromatic N) is 1. The lowest BCUT2D eigenvalue weighted by atomic mass is 10.0. The summed E-state index contributed by atoms with van der Waals surface area (Å²) in [7, 11) is 1.35. The van der Waals surface area contributed by atoms with Crippen LogP contribution in [0.25, 0.3) is 0 Å². The number of nitriles is 1. The third kappa shape index (κ3) is 4.63. The molecule has 0 aliphatic carbocycles. The lowest BCUT2D eigenvalue weighted by Crippen LogP contribution is -2.38. The summed E-state index contributed by atoms with van der Waals surface area (Å²) < 4.78 is 18.0. The number of carbonyl (C=O) groups is 1. The molecule has 20 heavy (non-hydrogen) atoms. The van der Waals surface area contributed by atoms with E-state index in [2.05, 4.69) is 5.32 Å². The number of nitrogens with one attached hydrogen (secondary N) is 1. The Labute approximate surface area is 118 Å². The van der Waals surface area contributed by atoms with Crippen molar-refractivity contribution in [2.24, 2.45) is 5.92 Å². The second-order valence-corrected chi connectivity index (χ2v) is 5.01. The minimum atomic E-state index is -0.539. The molecule has 5 heteroatoms. The number of halogens is 1. The summed E-state index contributed by atoms with van der Waals surface area (Å²) in [5.41, 5.74) is 0.753. The van der Waals surface area contributed by atoms with Crippen molar-refractivity contribution >= 4 is 5.97 Å². The van der Waals surface area contributed by atoms with E-state index in [1.54, 1.807) is 12.1 Å². The van der Waals surface area contributed by atoms with Crippen molar-refractivity contribution in [3.05, 3.63) is 35.1 Å². The van der Waals surface area contributed by atoms with Crippen LogP contribution in [0, 0.1) is 23.1 Å². The molecule has 0 radical (unpaired) electrons. The van der Waals surface area contributed by atoms with Crippen LogP contribution in [-0.4, -0.2) is 19.1 Å². The van der Waals surface area contributed by atoms with E-state index >= 15 is 0 Å². The zero-order valence-corrected chi connectivity index (χ0v) is 11.9. The number of methoxy groups -OCH3 is 1. The summed E-state index contributed by atoms with van der Waals surface area (Å²) in [5, 5.41) is 11.9. The molecule has 0 fully saturated rings. The maximum absolute atomic E-state index is 13.2. The van der Waals surface area contributed by atoms with Gasteiger partial charge in [0.1, 0.15) is 17.9 Å². The average molecular weight is 278 g/mol. The van der Waals surface area contributed by atoms with E-state index in [0.29, 0.717) is 18.9 Å². The van der Waals surface area contributed by atoms with Crippen molar-refractivity contribution in [2.45, 2.75) is 32.9 Å². The predicted molar refractivity (Wildman–Crippen MR) is 73.2 cm³/mol. The third-order valence-electron chi connectivity index (χ3n) is 2.90. The largest absolute Gasteiger partial charge is 0.468 e. The van der Waals surface area contributed by atoms with Crippen LogP contribution < -0.4 is 5.32 Å². The summed E-state index contributed by atoms with van der Waals surface area (Å²) in [5.74, 6) is -0.515. The fourth-order valence-electron chi connectivity index (χ4n) is 1.89. The topological polar surface area (TPSA) is 62.1 Å². The molecule has 1 unspecified atom stereocenters. The zero-order valence-electron chi connectivity index (χ0n) is 11.9. The Kier molecular flexibility index (Phi) is 6.13. The van der Waals surface area contributed by atoms with Crippen LogP contribution in [-0.2, 0) is 16.1 Å². The highest BCUT2D eigenvalue weighted by Crippen LogP contribution is 2.11. The molecule has 0 saturated carbocycles. The molecule has 1 N–H and O–H groups in total. The van der Waals surface area contributed by atoms with Gasteiger partial charge in [-0.2, -0.15) is 5.26 Å². The Morgan fingerprint density at radius 3 is 2.75 bits per heavy atom. The Bertz CT molecular complexity index is 509. The molecule has 0 saturated heterocycles. The van der Waals surface area contributed by atoms with Crippen molar-refractivity contribution in [3.63, 3.8) is 0 Å². The normalized spacial score (nSPS) is 12.0. The van der Waals surface area contributed by atoms with E-state index in [9.17, 15) is 9.18 Å². The van der Waals surface area contributed by atoms with Gasteiger partial charge in [-0.05, 0) is 30.0 Å². The van der Waals surface area contributed by atoms with Crippen LogP contribution >= 0.6 is 0 Å². The summed E-state index contributed by atoms with van der Waals surface area (Å²) in [6.45, 7) is 4.41. The molecule has 1 aromatic carbocycles. The molecule has 4 nitrogen and oxygen atoms in total. The Hall–Kier alpha value is -1.93. The Balaban J connectivity index is 2.72. The second kappa shape index (κ2) is 7.61. The van der Waals surface area contributed by atoms with Crippen LogP contribution in [0.3, 0.4) is 0 Å². The maximum Gasteiger partial charge on any atom is 0.322 e. The summed E-state index contributed by atoms with van der Waals surface area (Å²) in [6, 6.07) is 5.71. The number of ether oxygens (including phenoxy) is 1. The monoisotopic (exact) mass is 278 g/mol. The van der Waals surface area contributed by atoms with Gasteiger partial charge in [0.15, 0.2) is 0 Å². The van der Waals surface area contributed by atoms with Gasteiger partial charge in [0, 0.05) is 6.54 Å². The molecule has 0 amide bonds. The summed E-state index contributed by atoms with van der Waals surface area (Å²) in [4.78, 5) is 11.6. The number of benzene rings is 1. The van der Waals surface area contributed by atoms with Crippen LogP contribution in [0.2, 0.25) is 0 Å². The first-order valence-corrected chi connectivity index (χ1v) is 6.47. The number of carbonyl (C=O) groups excluding carboxylic acids is 1. The van der Waals surface area contributed by atoms with Crippen molar-refractivity contribution in [1.82, 2.24) is 5.32 Å². The van der Waals surface area contributed by atoms with Gasteiger partial charge in [-0.25, -0.2) is 4.39 Å². The van der Waals surface area contributed by atoms with E-state index in [0.717, 1.165) is 5.56 Å². The number of hydrogen-bond donors (Lipinski definition) is 1. The Morgan fingerprint density at radius 2 is 2.20 bits per heavy atom. The first-order valence-electron chi connectivity index (χ1n) is 6.47. The second-order valence-electron chi connectivity index (χ2n) is 5.01. The number of hydrogen-bond acceptors (Lipinski definition) is 4. The van der Waals surface area contributed by atoms with Gasteiger partial charge in [0.25, 0.3) is 0 Å². The van der Waals surface area contributed by atoms with E-state index in [4.69, 9.17) is 10.00 Å². The van der Waals surface area contributed by atoms with Crippen molar-refractivity contribution in [3.8, 4) is 6.07 Å². The number of esters is 1. The lowest BCUT2D eigenvalue weighted by Gasteiger charge is -2.18. The van der Waals surface area contributed by atoms with Crippen LogP contribution in [0.15, 0.2) is 18.2 Å². The molecule has 1 aromatic rings. The fourth-order valence-corrected chi connectivity index (χ4v) is 1.89. The molecule has 1 rings (SSSR count). The standard InChI is InChI=1S/C15H19FN2O2/c1-10(2)6-14(15(19)20-3)18-9-11-4-5-13(16)12(7-11)8-17/h4-5,7,10,14,18H,6,9H2,1-3H3. The minimum absolute atomic E-state index is 0.00257. The molecule has 0 aliphatic rings. The van der Waals surface area contributed by atoms with Gasteiger partial charge in [0.2, 0.25) is 0 Å². The van der Waals surface area contributed by atoms with Gasteiger partial charge in [-0.15, -0.1) is 0 Å². The molecular weight excluding hydrogens is 259 g/mol. The molecule has 108 valence electrons. The van der Waals surface area contributed by atoms with E-state index in [-0.39, 0.29) is 11.5 Å². The van der Waals surface area contributed by atoms with Crippen LogP contribution in [0.5, 0.6) is 0 Å². The molecule has 0 heterocycles. The van der Waals surface area contributed by atoms with E-state index in [1.807, 2.05) is 13.8 Å². The highest BCUT2D eigenvalue weighted by molar-refractivity contribution is 5.75. The van der Waals surface area contributed by atoms with Crippen molar-refractivity contribution in [2.75, 3.05) is 7.11 Å². The van der Waals surface area contributed by atoms with E-state index < -0.39 is 11.9 Å². The van der Waals surface area contributed by atoms with Crippen molar-refractivity contribution in [1.29, 1.82) is 5.26 Å². The SMILES string of the molecule is COC(=O)C(CC(C)C)NCc1ccc(F)c(C#N)c1. The minimum Gasteiger partial charge on any atom is -0.468 e. The van der Waals surface area contributed by atoms with Crippen molar-refractivity contribution < 1.29 is 13.9 Å². The zero-order chi connectivity index (χ0) is 15.1. The molecule has 0 bridgehead atoms. The molecule has 0 aromatic heterocycles. The third-order valence-corrected chi connectivity index (χ3v) is 2.90. The first kappa shape index (κ1) is 16.1. The van der Waals surface area contributed by atoms with Gasteiger partial charge in [0.05, 0.1) is 12.7 Å². The highest BCUT2D eigenvalue weighted by atomic mass is 19.1. The molecule has 1 atom stereocenters. The van der Waals surface area contributed by atoms with Gasteiger partial charge < -0.3 is 10.1 Å². The van der Waals surface area contributed by atoms with Gasteiger partial charge in [-0.1, -0.05) is 19.9 Å². The van der Waals surface area contributed by atoms with Crippen LogP contribution in [0.4, 0.5) is 4.39 Å². The summed E-state index contributed by atoms with van der Waals surface area (Å²) >= 11 is 0. The van der Waals surface area contributed by atoms with Gasteiger partial charge in [-0.3, -0.25) is 4.79 Å². The predicted octanol–water partition coefficient (Wildman–Crippen LogP) is 2.37. The quantitative estimate of drug-likeness (QED) is 0.811. The lowest BCUT2D eigenvalue weighted by molar-refractivity contribution is -0.143. The highest BCUT2D eigenvalue weighted by Gasteiger charge is 2.19.